The van der Waals surface area contributed by atoms with Gasteiger partial charge in [-0.15, -0.1) is 6.58 Å². The fourth-order valence-electron chi connectivity index (χ4n) is 12.8. The number of rotatable bonds is 20. The van der Waals surface area contributed by atoms with E-state index >= 15 is 0 Å². The topological polar surface area (TPSA) is 587 Å². The third kappa shape index (κ3) is 18.7. The number of unbranched alkanes of at least 4 members (excludes halogenated alkanes) is 7. The van der Waals surface area contributed by atoms with Crippen LogP contribution in [0.2, 0.25) is 0 Å². The van der Waals surface area contributed by atoms with Crippen molar-refractivity contribution in [1.82, 2.24) is 10.6 Å². The summed E-state index contributed by atoms with van der Waals surface area (Å²) < 4.78 is 93.8. The first kappa shape index (κ1) is 79.4. The first-order chi connectivity index (χ1) is 46.3. The van der Waals surface area contributed by atoms with Crippen LogP contribution >= 0.6 is 0 Å². The van der Waals surface area contributed by atoms with Crippen molar-refractivity contribution in [3.8, 4) is 0 Å². The average molecular weight is 1410 g/mol. The lowest BCUT2D eigenvalue weighted by Gasteiger charge is -2.50. The van der Waals surface area contributed by atoms with Gasteiger partial charge in [0.15, 0.2) is 56.2 Å². The Kier molecular flexibility index (Phi) is 30.0. The number of hydrogen-bond donors (Lipinski definition) is 20. The molecule has 39 heteroatoms. The molecule has 97 heavy (non-hydrogen) atoms. The monoisotopic (exact) mass is 1410 g/mol. The minimum absolute atomic E-state index is 0.203. The number of amides is 2. The number of urea groups is 1. The van der Waals surface area contributed by atoms with Crippen LogP contribution in [0.25, 0.3) is 0 Å². The molecule has 0 radical (unpaired) electrons. The molecule has 21 aliphatic rings. The summed E-state index contributed by atoms with van der Waals surface area (Å²) in [5.74, 6) is -2.23. The highest BCUT2D eigenvalue weighted by molar-refractivity contribution is 5.73. The summed E-state index contributed by atoms with van der Waals surface area (Å²) in [6.07, 6.45) is -62.7. The molecule has 0 aromatic rings. The summed E-state index contributed by atoms with van der Waals surface area (Å²) in [5.41, 5.74) is 0. The molecule has 39 nitrogen and oxygen atoms in total. The van der Waals surface area contributed by atoms with Gasteiger partial charge in [0.05, 0.1) is 39.6 Å². The number of aliphatic hydroxyl groups is 18. The lowest BCUT2D eigenvalue weighted by atomic mass is 9.94. The second-order valence-corrected chi connectivity index (χ2v) is 24.8. The summed E-state index contributed by atoms with van der Waals surface area (Å²) in [7, 11) is 0. The van der Waals surface area contributed by atoms with E-state index in [1.165, 1.54) is 0 Å². The van der Waals surface area contributed by atoms with Crippen LogP contribution in [0, 0.1) is 0 Å². The van der Waals surface area contributed by atoms with Crippen molar-refractivity contribution in [3.63, 3.8) is 0 Å². The highest BCUT2D eigenvalue weighted by Crippen LogP contribution is 2.40. The number of esters is 2. The van der Waals surface area contributed by atoms with Gasteiger partial charge in [-0.3, -0.25) is 9.59 Å². The standard InChI is InChI=1S/C58H96N2O37/c1-4-5-6-7-8-9-10-11-12-13-59-58(81)60-14-23-42-30(69)36(75)51(84-23)97-48-29(20-66)90-57(50(83-22(3)68)49(48)82-21(2)67)96-47-28(19-65)89-56(41(80)35(47)74)95-46-27(18-64)88-55(40(79)34(46)73)94-45-26(17-63)87-54(39(78)33(45)72)93-44-25(16-62)86-53(38(77)32(44)71)92-43-24(15-61)85-52(91-42)37(76)31(43)70/h4,23-57,61-66,69-80H,1,5-20H2,2-3H3,(H2,59,60,81)/t23-,24-,25-,26-,27-,28-,29-,30-,31-,32-,33-,34-,35+,36-,37-,38-,39-,40+,41-,42-,43-,44-,45-,46-,47-,48-,49+,50-,51-,52-,53-,54-,55?,56-,57-/m1/s1. The first-order valence-corrected chi connectivity index (χ1v) is 32.3. The van der Waals surface area contributed by atoms with E-state index in [0.717, 1.165) is 58.8 Å². The van der Waals surface area contributed by atoms with Crippen LogP contribution in [0.15, 0.2) is 12.7 Å². The van der Waals surface area contributed by atoms with Crippen LogP contribution < -0.4 is 10.6 Å². The van der Waals surface area contributed by atoms with Crippen molar-refractivity contribution in [1.29, 1.82) is 0 Å². The Morgan fingerprint density at radius 3 is 0.907 bits per heavy atom. The first-order valence-electron chi connectivity index (χ1n) is 32.3. The third-order valence-corrected chi connectivity index (χ3v) is 18.0. The van der Waals surface area contributed by atoms with Gasteiger partial charge in [0.1, 0.15) is 159 Å². The smallest absolute Gasteiger partial charge is 0.314 e. The zero-order valence-electron chi connectivity index (χ0n) is 53.1. The van der Waals surface area contributed by atoms with Crippen molar-refractivity contribution in [3.05, 3.63) is 12.7 Å². The predicted molar refractivity (Wildman–Crippen MR) is 309 cm³/mol. The zero-order chi connectivity index (χ0) is 70.7. The molecule has 560 valence electrons. The molecule has 21 rings (SSSR count). The van der Waals surface area contributed by atoms with Gasteiger partial charge < -0.3 is 178 Å². The van der Waals surface area contributed by atoms with Gasteiger partial charge in [-0.25, -0.2) is 4.79 Å². The van der Waals surface area contributed by atoms with Crippen LogP contribution in [0.3, 0.4) is 0 Å². The van der Waals surface area contributed by atoms with Crippen molar-refractivity contribution >= 4 is 18.0 Å². The number of allylic oxidation sites excluding steroid dienone is 1. The number of aliphatic hydroxyl groups excluding tert-OH is 18. The summed E-state index contributed by atoms with van der Waals surface area (Å²) in [6.45, 7) is -1.45. The molecule has 2 amide bonds. The second kappa shape index (κ2) is 36.7. The number of ether oxygens (including phenoxy) is 16. The van der Waals surface area contributed by atoms with E-state index in [1.54, 1.807) is 0 Å². The Bertz CT molecular complexity index is 2420. The van der Waals surface area contributed by atoms with Crippen LogP contribution in [0.1, 0.15) is 65.2 Å². The molecular weight excluding hydrogens is 1320 g/mol. The van der Waals surface area contributed by atoms with E-state index in [4.69, 9.17) is 75.8 Å². The van der Waals surface area contributed by atoms with Gasteiger partial charge in [-0.1, -0.05) is 38.2 Å². The largest absolute Gasteiger partial charge is 0.455 e. The van der Waals surface area contributed by atoms with Gasteiger partial charge in [0.25, 0.3) is 0 Å². The van der Waals surface area contributed by atoms with Crippen molar-refractivity contribution in [2.75, 3.05) is 52.7 Å². The van der Waals surface area contributed by atoms with Crippen LogP contribution in [0.5, 0.6) is 0 Å². The fourth-order valence-corrected chi connectivity index (χ4v) is 12.8. The lowest BCUT2D eigenvalue weighted by Crippen LogP contribution is -2.69. The molecule has 20 N–H and O–H groups in total. The molecule has 14 bridgehead atoms. The minimum atomic E-state index is -2.31. The minimum Gasteiger partial charge on any atom is -0.455 e. The molecule has 21 heterocycles. The fraction of sp³-hybridized carbons (Fsp3) is 0.914. The molecule has 1 unspecified atom stereocenters. The molecule has 0 aromatic heterocycles. The average Bonchev–Trinajstić information content (AvgIpc) is 0.796. The number of carbonyl (C=O) groups excluding carboxylic acids is 3. The van der Waals surface area contributed by atoms with Crippen LogP contribution in [0.4, 0.5) is 4.79 Å². The molecule has 0 aromatic carbocycles. The number of nitrogens with one attached hydrogen (secondary N) is 2. The molecule has 0 saturated carbocycles. The quantitative estimate of drug-likeness (QED) is 0.0306. The maximum absolute atomic E-state index is 13.4. The van der Waals surface area contributed by atoms with E-state index in [-0.39, 0.29) is 6.54 Å². The molecule has 0 aliphatic carbocycles. The Labute approximate surface area is 555 Å². The summed E-state index contributed by atoms with van der Waals surface area (Å²) in [4.78, 5) is 39.4. The Morgan fingerprint density at radius 1 is 0.330 bits per heavy atom. The highest BCUT2D eigenvalue weighted by Gasteiger charge is 2.61. The van der Waals surface area contributed by atoms with Crippen molar-refractivity contribution in [2.24, 2.45) is 0 Å². The molecule has 21 saturated heterocycles. The van der Waals surface area contributed by atoms with E-state index in [2.05, 4.69) is 17.2 Å². The van der Waals surface area contributed by atoms with E-state index in [0.29, 0.717) is 6.42 Å². The summed E-state index contributed by atoms with van der Waals surface area (Å²) in [6, 6.07) is -0.778. The number of hydrogen-bond acceptors (Lipinski definition) is 37. The SMILES string of the molecule is C=CCCCCCCCCCNC(=O)NC[C@H]1O[C@@H]2O[C@H]3[C@H](OC(C)=O)[C@@H](OC(C)=O)[C@@H](O[C@H]4[C@@H](O)[C@@H](O)[C@@H](O[C@H]5[C@H](O)[C@H](O)C(O[C@H]6[C@H](O)[C@@H](O)[C@@H](O[C@H]7[C@H](O)[C@@H](O)[C@@H](O[C@H]8[C@H](O)[C@@H](O)[C@@H](O[C@H]1[C@H](O)[C@H]2O)O[C@@H]8CO)O[C@@H]7CO)O[C@@H]6CO)O[C@@H]5CO)O[C@@H]4CO)O[C@@H]3CO. The molecule has 0 spiro atoms. The Morgan fingerprint density at radius 2 is 0.588 bits per heavy atom. The Hall–Kier alpha value is -3.33. The van der Waals surface area contributed by atoms with E-state index in [1.807, 2.05) is 6.08 Å². The normalized spacial score (nSPS) is 46.1. The highest BCUT2D eigenvalue weighted by atomic mass is 16.8. The predicted octanol–water partition coefficient (Wildman–Crippen LogP) is -10.5. The second-order valence-electron chi connectivity index (χ2n) is 24.8. The molecule has 21 fully saturated rings. The van der Waals surface area contributed by atoms with Crippen molar-refractivity contribution < 1.29 is 182 Å². The van der Waals surface area contributed by atoms with Gasteiger partial charge in [-0.05, 0) is 19.3 Å². The molecule has 35 atom stereocenters. The Balaban J connectivity index is 1.11. The van der Waals surface area contributed by atoms with Crippen LogP contribution in [-0.4, -0.2) is 378 Å². The van der Waals surface area contributed by atoms with Gasteiger partial charge >= 0.3 is 18.0 Å². The zero-order valence-corrected chi connectivity index (χ0v) is 53.1. The van der Waals surface area contributed by atoms with E-state index in [9.17, 15) is 106 Å². The molecule has 21 aliphatic heterocycles. The van der Waals surface area contributed by atoms with Gasteiger partial charge in [-0.2, -0.15) is 0 Å². The number of carbonyl (C=O) groups is 3. The van der Waals surface area contributed by atoms with Crippen LogP contribution in [-0.2, 0) is 85.4 Å². The van der Waals surface area contributed by atoms with Gasteiger partial charge in [0.2, 0.25) is 0 Å². The molecular formula is C58H96N2O37. The maximum Gasteiger partial charge on any atom is 0.314 e. The lowest BCUT2D eigenvalue weighted by molar-refractivity contribution is -0.396. The van der Waals surface area contributed by atoms with Crippen molar-refractivity contribution in [2.45, 2.75) is 280 Å². The maximum atomic E-state index is 13.4. The van der Waals surface area contributed by atoms with E-state index < -0.39 is 279 Å². The van der Waals surface area contributed by atoms with Gasteiger partial charge in [0, 0.05) is 26.9 Å². The summed E-state index contributed by atoms with van der Waals surface area (Å²) >= 11 is 0. The summed E-state index contributed by atoms with van der Waals surface area (Å²) in [5, 5.41) is 209. The third-order valence-electron chi connectivity index (χ3n) is 18.0.